The molecule has 1 aliphatic carbocycles. The van der Waals surface area contributed by atoms with Gasteiger partial charge in [-0.3, -0.25) is 4.79 Å². The summed E-state index contributed by atoms with van der Waals surface area (Å²) < 4.78 is 0. The van der Waals surface area contributed by atoms with Crippen LogP contribution < -0.4 is 0 Å². The molecule has 0 radical (unpaired) electrons. The fraction of sp³-hybridized carbons (Fsp3) is 0.846. The van der Waals surface area contributed by atoms with Crippen molar-refractivity contribution in [3.8, 4) is 6.07 Å². The highest BCUT2D eigenvalue weighted by molar-refractivity contribution is 5.88. The molecule has 0 bridgehead atoms. The van der Waals surface area contributed by atoms with Crippen LogP contribution in [-0.4, -0.2) is 23.4 Å². The van der Waals surface area contributed by atoms with Crippen molar-refractivity contribution in [3.05, 3.63) is 0 Å². The molecule has 0 aromatic carbocycles. The fourth-order valence-electron chi connectivity index (χ4n) is 2.64. The molecule has 0 N–H and O–H groups in total. The van der Waals surface area contributed by atoms with Crippen LogP contribution in [0.3, 0.4) is 0 Å². The summed E-state index contributed by atoms with van der Waals surface area (Å²) in [5.74, 6) is 0.115. The first kappa shape index (κ1) is 11.4. The molecule has 1 aliphatic heterocycles. The van der Waals surface area contributed by atoms with E-state index in [1.54, 1.807) is 0 Å². The first-order chi connectivity index (χ1) is 7.73. The van der Waals surface area contributed by atoms with Gasteiger partial charge in [-0.2, -0.15) is 5.26 Å². The summed E-state index contributed by atoms with van der Waals surface area (Å²) in [4.78, 5) is 14.3. The zero-order valence-corrected chi connectivity index (χ0v) is 10.0. The number of nitrogens with zero attached hydrogens (tertiary/aromatic N) is 2. The molecule has 1 saturated heterocycles. The number of carbonyl (C=O) groups is 1. The van der Waals surface area contributed by atoms with Gasteiger partial charge in [-0.05, 0) is 32.1 Å². The lowest BCUT2D eigenvalue weighted by atomic mass is 10.0. The van der Waals surface area contributed by atoms with E-state index in [2.05, 4.69) is 13.0 Å². The predicted molar refractivity (Wildman–Crippen MR) is 61.5 cm³/mol. The predicted octanol–water partition coefficient (Wildman–Crippen LogP) is 2.47. The molecule has 1 saturated carbocycles. The minimum atomic E-state index is -0.627. The van der Waals surface area contributed by atoms with Crippen molar-refractivity contribution in [2.75, 3.05) is 6.54 Å². The molecule has 3 heteroatoms. The van der Waals surface area contributed by atoms with Gasteiger partial charge in [0.25, 0.3) is 0 Å². The zero-order chi connectivity index (χ0) is 11.6. The van der Waals surface area contributed by atoms with Gasteiger partial charge < -0.3 is 4.90 Å². The minimum Gasteiger partial charge on any atom is -0.338 e. The van der Waals surface area contributed by atoms with Crippen molar-refractivity contribution >= 4 is 5.91 Å². The SMILES string of the molecule is CCC1CCCCCN1C(=O)C1(C#N)CC1. The first-order valence-corrected chi connectivity index (χ1v) is 6.46. The van der Waals surface area contributed by atoms with Crippen LogP contribution >= 0.6 is 0 Å². The van der Waals surface area contributed by atoms with Gasteiger partial charge in [-0.25, -0.2) is 0 Å². The molecule has 0 aromatic heterocycles. The third-order valence-corrected chi connectivity index (χ3v) is 3.98. The number of hydrogen-bond acceptors (Lipinski definition) is 2. The maximum Gasteiger partial charge on any atom is 0.243 e. The van der Waals surface area contributed by atoms with E-state index in [1.807, 2.05) is 4.90 Å². The minimum absolute atomic E-state index is 0.115. The second-order valence-electron chi connectivity index (χ2n) is 5.10. The van der Waals surface area contributed by atoms with Crippen LogP contribution in [0, 0.1) is 16.7 Å². The number of likely N-dealkylation sites (tertiary alicyclic amines) is 1. The molecule has 0 aromatic rings. The van der Waals surface area contributed by atoms with E-state index < -0.39 is 5.41 Å². The summed E-state index contributed by atoms with van der Waals surface area (Å²) >= 11 is 0. The summed E-state index contributed by atoms with van der Waals surface area (Å²) in [6.45, 7) is 3.00. The van der Waals surface area contributed by atoms with E-state index in [0.717, 1.165) is 38.6 Å². The quantitative estimate of drug-likeness (QED) is 0.717. The molecule has 0 spiro atoms. The number of nitriles is 1. The van der Waals surface area contributed by atoms with Crippen LogP contribution in [0.2, 0.25) is 0 Å². The molecule has 16 heavy (non-hydrogen) atoms. The Labute approximate surface area is 97.4 Å². The Morgan fingerprint density at radius 1 is 1.44 bits per heavy atom. The number of rotatable bonds is 2. The van der Waals surface area contributed by atoms with Crippen molar-refractivity contribution in [1.82, 2.24) is 4.90 Å². The average molecular weight is 220 g/mol. The maximum absolute atomic E-state index is 12.3. The molecular weight excluding hydrogens is 200 g/mol. The smallest absolute Gasteiger partial charge is 0.243 e. The average Bonchev–Trinajstić information content (AvgIpc) is 3.12. The van der Waals surface area contributed by atoms with Crippen LogP contribution in [0.15, 0.2) is 0 Å². The summed E-state index contributed by atoms with van der Waals surface area (Å²) in [6, 6.07) is 2.60. The Morgan fingerprint density at radius 2 is 2.19 bits per heavy atom. The summed E-state index contributed by atoms with van der Waals surface area (Å²) in [5, 5.41) is 9.09. The molecule has 1 amide bonds. The van der Waals surface area contributed by atoms with Crippen molar-refractivity contribution in [2.24, 2.45) is 5.41 Å². The van der Waals surface area contributed by atoms with Crippen molar-refractivity contribution < 1.29 is 4.79 Å². The van der Waals surface area contributed by atoms with Crippen LogP contribution in [-0.2, 0) is 4.79 Å². The lowest BCUT2D eigenvalue weighted by Gasteiger charge is -2.31. The second kappa shape index (κ2) is 4.45. The van der Waals surface area contributed by atoms with Gasteiger partial charge in [-0.15, -0.1) is 0 Å². The monoisotopic (exact) mass is 220 g/mol. The largest absolute Gasteiger partial charge is 0.338 e. The van der Waals surface area contributed by atoms with E-state index in [4.69, 9.17) is 5.26 Å². The Hall–Kier alpha value is -1.04. The number of carbonyl (C=O) groups excluding carboxylic acids is 1. The van der Waals surface area contributed by atoms with Gasteiger partial charge >= 0.3 is 0 Å². The van der Waals surface area contributed by atoms with Gasteiger partial charge in [0.1, 0.15) is 5.41 Å². The summed E-state index contributed by atoms with van der Waals surface area (Å²) in [6.07, 6.45) is 7.23. The van der Waals surface area contributed by atoms with Crippen LogP contribution in [0.25, 0.3) is 0 Å². The summed E-state index contributed by atoms with van der Waals surface area (Å²) in [5.41, 5.74) is -0.627. The van der Waals surface area contributed by atoms with E-state index >= 15 is 0 Å². The number of hydrogen-bond donors (Lipinski definition) is 0. The maximum atomic E-state index is 12.3. The van der Waals surface area contributed by atoms with E-state index in [0.29, 0.717) is 6.04 Å². The topological polar surface area (TPSA) is 44.1 Å². The van der Waals surface area contributed by atoms with Crippen molar-refractivity contribution in [2.45, 2.75) is 57.9 Å². The van der Waals surface area contributed by atoms with Gasteiger partial charge in [0, 0.05) is 12.6 Å². The molecular formula is C13H20N2O. The van der Waals surface area contributed by atoms with Gasteiger partial charge in [-0.1, -0.05) is 19.8 Å². The molecule has 1 atom stereocenters. The highest BCUT2D eigenvalue weighted by Gasteiger charge is 2.53. The van der Waals surface area contributed by atoms with Crippen LogP contribution in [0.4, 0.5) is 0 Å². The number of amides is 1. The zero-order valence-electron chi connectivity index (χ0n) is 10.0. The standard InChI is InChI=1S/C13H20N2O/c1-2-11-6-4-3-5-9-15(11)12(16)13(10-14)7-8-13/h11H,2-9H2,1H3. The van der Waals surface area contributed by atoms with Gasteiger partial charge in [0.05, 0.1) is 6.07 Å². The Kier molecular flexibility index (Phi) is 3.18. The van der Waals surface area contributed by atoms with E-state index in [9.17, 15) is 4.79 Å². The molecule has 1 heterocycles. The molecule has 2 rings (SSSR count). The lowest BCUT2D eigenvalue weighted by molar-refractivity contribution is -0.137. The molecule has 88 valence electrons. The van der Waals surface area contributed by atoms with Crippen molar-refractivity contribution in [3.63, 3.8) is 0 Å². The van der Waals surface area contributed by atoms with Crippen molar-refractivity contribution in [1.29, 1.82) is 5.26 Å². The highest BCUT2D eigenvalue weighted by atomic mass is 16.2. The van der Waals surface area contributed by atoms with Crippen LogP contribution in [0.1, 0.15) is 51.9 Å². The molecule has 1 unspecified atom stereocenters. The fourth-order valence-corrected chi connectivity index (χ4v) is 2.64. The normalized spacial score (nSPS) is 28.0. The first-order valence-electron chi connectivity index (χ1n) is 6.46. The molecule has 2 fully saturated rings. The van der Waals surface area contributed by atoms with E-state index in [-0.39, 0.29) is 5.91 Å². The lowest BCUT2D eigenvalue weighted by Crippen LogP contribution is -2.43. The summed E-state index contributed by atoms with van der Waals surface area (Å²) in [7, 11) is 0. The Bertz CT molecular complexity index is 314. The third kappa shape index (κ3) is 1.93. The van der Waals surface area contributed by atoms with Crippen LogP contribution in [0.5, 0.6) is 0 Å². The van der Waals surface area contributed by atoms with Gasteiger partial charge in [0.15, 0.2) is 0 Å². The Balaban J connectivity index is 2.11. The van der Waals surface area contributed by atoms with Gasteiger partial charge in [0.2, 0.25) is 5.91 Å². The molecule has 3 nitrogen and oxygen atoms in total. The Morgan fingerprint density at radius 3 is 2.75 bits per heavy atom. The second-order valence-corrected chi connectivity index (χ2v) is 5.10. The third-order valence-electron chi connectivity index (χ3n) is 3.98. The highest BCUT2D eigenvalue weighted by Crippen LogP contribution is 2.47. The van der Waals surface area contributed by atoms with E-state index in [1.165, 1.54) is 12.8 Å². The molecule has 2 aliphatic rings.